The second-order valence-electron chi connectivity index (χ2n) is 6.39. The predicted molar refractivity (Wildman–Crippen MR) is 70.9 cm³/mol. The summed E-state index contributed by atoms with van der Waals surface area (Å²) >= 11 is 2.55. The van der Waals surface area contributed by atoms with Crippen molar-refractivity contribution >= 4 is 21.2 Å². The van der Waals surface area contributed by atoms with Gasteiger partial charge in [0.1, 0.15) is 0 Å². The van der Waals surface area contributed by atoms with Crippen molar-refractivity contribution in [3.8, 4) is 5.75 Å². The number of phenolic OH excluding ortho intramolecular Hbond substituents is 1. The summed E-state index contributed by atoms with van der Waals surface area (Å²) in [6.07, 6.45) is 0. The molecule has 0 heterocycles. The van der Waals surface area contributed by atoms with Gasteiger partial charge in [0.15, 0.2) is 0 Å². The fourth-order valence-electron chi connectivity index (χ4n) is 1.78. The van der Waals surface area contributed by atoms with Crippen LogP contribution in [-0.2, 0) is 10.8 Å². The van der Waals surface area contributed by atoms with E-state index in [1.807, 2.05) is 6.07 Å². The molecule has 0 saturated carbocycles. The van der Waals surface area contributed by atoms with E-state index in [9.17, 15) is 5.11 Å². The van der Waals surface area contributed by atoms with Crippen molar-refractivity contribution < 1.29 is 5.11 Å². The van der Waals surface area contributed by atoms with Crippen molar-refractivity contribution in [2.45, 2.75) is 52.4 Å². The molecule has 0 amide bonds. The van der Waals surface area contributed by atoms with Crippen LogP contribution in [0.1, 0.15) is 52.7 Å². The minimum atomic E-state index is -0.0230. The Hall–Kier alpha value is -0.422. The SMILES string of the molecule is CC(C)(C)c1cc(C(C)(C)C)c([As])cc1O. The predicted octanol–water partition coefficient (Wildman–Crippen LogP) is 2.78. The van der Waals surface area contributed by atoms with Crippen molar-refractivity contribution in [3.05, 3.63) is 23.3 Å². The third-order valence-electron chi connectivity index (χ3n) is 2.73. The molecule has 88 valence electrons. The third kappa shape index (κ3) is 2.82. The van der Waals surface area contributed by atoms with Crippen molar-refractivity contribution in [2.75, 3.05) is 0 Å². The van der Waals surface area contributed by atoms with Crippen LogP contribution in [0.4, 0.5) is 0 Å². The van der Waals surface area contributed by atoms with Crippen LogP contribution < -0.4 is 4.35 Å². The van der Waals surface area contributed by atoms with Gasteiger partial charge < -0.3 is 0 Å². The molecule has 0 aliphatic carbocycles. The van der Waals surface area contributed by atoms with Gasteiger partial charge in [-0.1, -0.05) is 0 Å². The first kappa shape index (κ1) is 13.6. The van der Waals surface area contributed by atoms with Gasteiger partial charge in [0.25, 0.3) is 0 Å². The van der Waals surface area contributed by atoms with Gasteiger partial charge in [-0.2, -0.15) is 0 Å². The van der Waals surface area contributed by atoms with Gasteiger partial charge in [-0.25, -0.2) is 0 Å². The molecule has 0 spiro atoms. The average molecular weight is 280 g/mol. The van der Waals surface area contributed by atoms with Crippen LogP contribution >= 0.6 is 0 Å². The van der Waals surface area contributed by atoms with Crippen LogP contribution in [0.15, 0.2) is 12.1 Å². The first-order valence-corrected chi connectivity index (χ1v) is 6.54. The maximum absolute atomic E-state index is 10.0. The van der Waals surface area contributed by atoms with Crippen LogP contribution in [0.3, 0.4) is 0 Å². The number of aromatic hydroxyl groups is 1. The molecule has 0 aliphatic rings. The van der Waals surface area contributed by atoms with Gasteiger partial charge >= 0.3 is 108 Å². The molecule has 0 aliphatic heterocycles. The van der Waals surface area contributed by atoms with Gasteiger partial charge in [0.05, 0.1) is 0 Å². The molecule has 1 rings (SSSR count). The summed E-state index contributed by atoms with van der Waals surface area (Å²) in [4.78, 5) is 0. The molecule has 2 heteroatoms. The Morgan fingerprint density at radius 2 is 1.31 bits per heavy atom. The summed E-state index contributed by atoms with van der Waals surface area (Å²) in [6.45, 7) is 13.0. The molecule has 0 fully saturated rings. The minimum absolute atomic E-state index is 0.0230. The molecule has 0 atom stereocenters. The normalized spacial score (nSPS) is 12.9. The van der Waals surface area contributed by atoms with Gasteiger partial charge in [0.2, 0.25) is 0 Å². The first-order chi connectivity index (χ1) is 7.03. The molecule has 16 heavy (non-hydrogen) atoms. The fraction of sp³-hybridized carbons (Fsp3) is 0.571. The van der Waals surface area contributed by atoms with E-state index in [0.29, 0.717) is 5.75 Å². The number of hydrogen-bond acceptors (Lipinski definition) is 1. The van der Waals surface area contributed by atoms with E-state index < -0.39 is 0 Å². The van der Waals surface area contributed by atoms with Crippen LogP contribution in [-0.4, -0.2) is 22.0 Å². The number of phenols is 1. The van der Waals surface area contributed by atoms with Gasteiger partial charge in [-0.05, 0) is 0 Å². The number of rotatable bonds is 0. The average Bonchev–Trinajstić information content (AvgIpc) is 1.97. The summed E-state index contributed by atoms with van der Waals surface area (Å²) in [5.74, 6) is 0.399. The second kappa shape index (κ2) is 4.11. The second-order valence-corrected chi connectivity index (χ2v) is 7.40. The van der Waals surface area contributed by atoms with Gasteiger partial charge in [-0.3, -0.25) is 0 Å². The van der Waals surface area contributed by atoms with E-state index >= 15 is 0 Å². The van der Waals surface area contributed by atoms with E-state index in [0.717, 1.165) is 9.91 Å². The summed E-state index contributed by atoms with van der Waals surface area (Å²) in [5.41, 5.74) is 2.39. The van der Waals surface area contributed by atoms with Crippen LogP contribution in [0, 0.1) is 0 Å². The van der Waals surface area contributed by atoms with E-state index in [1.54, 1.807) is 0 Å². The van der Waals surface area contributed by atoms with Crippen LogP contribution in [0.25, 0.3) is 0 Å². The third-order valence-corrected chi connectivity index (χ3v) is 3.51. The molecular formula is C14H21AsO. The molecule has 0 bridgehead atoms. The summed E-state index contributed by atoms with van der Waals surface area (Å²) in [6, 6.07) is 4.00. The zero-order valence-electron chi connectivity index (χ0n) is 11.0. The van der Waals surface area contributed by atoms with Crippen molar-refractivity contribution in [1.29, 1.82) is 0 Å². The topological polar surface area (TPSA) is 20.2 Å². The van der Waals surface area contributed by atoms with Crippen LogP contribution in [0.2, 0.25) is 0 Å². The van der Waals surface area contributed by atoms with E-state index in [4.69, 9.17) is 0 Å². The standard InChI is InChI=1S/C14H21AsO/c1-13(2,3)9-7-10(14(4,5)6)12(16)8-11(9)15/h7-8,16H,1-6H3. The van der Waals surface area contributed by atoms with E-state index in [-0.39, 0.29) is 10.8 Å². The Morgan fingerprint density at radius 1 is 0.875 bits per heavy atom. The zero-order valence-corrected chi connectivity index (χ0v) is 12.9. The van der Waals surface area contributed by atoms with Crippen molar-refractivity contribution in [1.82, 2.24) is 0 Å². The molecule has 1 N–H and O–H groups in total. The molecule has 1 aromatic carbocycles. The first-order valence-electron chi connectivity index (χ1n) is 5.60. The molecule has 0 aromatic heterocycles. The Labute approximate surface area is 108 Å². The molecule has 0 unspecified atom stereocenters. The molecule has 2 radical (unpaired) electrons. The molecule has 1 nitrogen and oxygen atoms in total. The number of hydrogen-bond donors (Lipinski definition) is 1. The quantitative estimate of drug-likeness (QED) is 0.725. The van der Waals surface area contributed by atoms with E-state index in [1.165, 1.54) is 5.56 Å². The van der Waals surface area contributed by atoms with E-state index in [2.05, 4.69) is 64.5 Å². The van der Waals surface area contributed by atoms with Crippen molar-refractivity contribution in [2.24, 2.45) is 0 Å². The number of benzene rings is 1. The van der Waals surface area contributed by atoms with Crippen LogP contribution in [0.5, 0.6) is 5.75 Å². The van der Waals surface area contributed by atoms with Gasteiger partial charge in [0, 0.05) is 0 Å². The monoisotopic (exact) mass is 280 g/mol. The summed E-state index contributed by atoms with van der Waals surface area (Å²) < 4.78 is 1.10. The molecule has 0 saturated heterocycles. The Kier molecular flexibility index (Phi) is 3.50. The summed E-state index contributed by atoms with van der Waals surface area (Å²) in [7, 11) is 0. The molecule has 1 aromatic rings. The maximum atomic E-state index is 10.0. The zero-order chi connectivity index (χ0) is 12.7. The summed E-state index contributed by atoms with van der Waals surface area (Å²) in [5, 5.41) is 10.0. The van der Waals surface area contributed by atoms with Crippen molar-refractivity contribution in [3.63, 3.8) is 0 Å². The fourth-order valence-corrected chi connectivity index (χ4v) is 2.87. The Morgan fingerprint density at radius 3 is 1.69 bits per heavy atom. The Balaban J connectivity index is 3.45. The Bertz CT molecular complexity index is 359. The molecular weight excluding hydrogens is 259 g/mol. The van der Waals surface area contributed by atoms with Gasteiger partial charge in [-0.15, -0.1) is 0 Å².